The Morgan fingerprint density at radius 3 is 2.36 bits per heavy atom. The number of hydrogen-bond donors (Lipinski definition) is 6. The van der Waals surface area contributed by atoms with E-state index in [0.29, 0.717) is 31.2 Å². The van der Waals surface area contributed by atoms with Gasteiger partial charge < -0.3 is 30.7 Å². The minimum Gasteiger partial charge on any atom is -0.479 e. The van der Waals surface area contributed by atoms with Crippen molar-refractivity contribution in [1.29, 1.82) is 0 Å². The third kappa shape index (κ3) is 4.22. The zero-order valence-corrected chi connectivity index (χ0v) is 28.9. The molecule has 1 aromatic heterocycles. The van der Waals surface area contributed by atoms with Gasteiger partial charge in [-0.3, -0.25) is 4.79 Å². The topological polar surface area (TPSA) is 143 Å². The molecule has 6 N–H and O–H groups in total. The summed E-state index contributed by atoms with van der Waals surface area (Å²) < 4.78 is 0. The highest BCUT2D eigenvalue weighted by molar-refractivity contribution is 5.93. The van der Waals surface area contributed by atoms with Crippen LogP contribution in [0.25, 0.3) is 10.9 Å². The summed E-state index contributed by atoms with van der Waals surface area (Å²) in [6.07, 6.45) is 9.88. The van der Waals surface area contributed by atoms with Crippen molar-refractivity contribution < 1.29 is 30.0 Å². The van der Waals surface area contributed by atoms with Crippen molar-refractivity contribution in [3.05, 3.63) is 47.7 Å². The quantitative estimate of drug-likeness (QED) is 0.216. The Hall–Kier alpha value is -2.68. The molecule has 8 nitrogen and oxygen atoms in total. The van der Waals surface area contributed by atoms with E-state index >= 15 is 0 Å². The summed E-state index contributed by atoms with van der Waals surface area (Å²) in [6, 6.07) is 6.29. The number of carboxylic acids is 1. The molecular weight excluding hydrogens is 592 g/mol. The summed E-state index contributed by atoms with van der Waals surface area (Å²) in [5, 5.41) is 49.1. The van der Waals surface area contributed by atoms with Crippen molar-refractivity contribution in [2.75, 3.05) is 0 Å². The second-order valence-electron chi connectivity index (χ2n) is 17.4. The van der Waals surface area contributed by atoms with Gasteiger partial charge in [0.2, 0.25) is 5.91 Å². The van der Waals surface area contributed by atoms with E-state index in [1.165, 1.54) is 0 Å². The van der Waals surface area contributed by atoms with Crippen molar-refractivity contribution in [1.82, 2.24) is 10.3 Å². The number of H-pyrrole nitrogens is 1. The minimum absolute atomic E-state index is 0.000825. The van der Waals surface area contributed by atoms with Gasteiger partial charge in [0.15, 0.2) is 6.04 Å². The molecule has 2 aromatic rings. The average molecular weight is 647 g/mol. The lowest BCUT2D eigenvalue weighted by atomic mass is 9.33. The first-order valence-corrected chi connectivity index (χ1v) is 17.9. The molecule has 47 heavy (non-hydrogen) atoms. The summed E-state index contributed by atoms with van der Waals surface area (Å²) >= 11 is 0. The molecule has 1 amide bonds. The number of para-hydroxylation sites is 1. The van der Waals surface area contributed by atoms with E-state index in [-0.39, 0.29) is 39.9 Å². The highest BCUT2D eigenvalue weighted by Crippen LogP contribution is 2.75. The van der Waals surface area contributed by atoms with Crippen LogP contribution in [0.5, 0.6) is 0 Å². The number of aromatic amines is 1. The van der Waals surface area contributed by atoms with Crippen LogP contribution in [0.15, 0.2) is 42.1 Å². The maximum atomic E-state index is 14.8. The third-order valence-corrected chi connectivity index (χ3v) is 15.6. The van der Waals surface area contributed by atoms with Gasteiger partial charge in [0.25, 0.3) is 0 Å². The van der Waals surface area contributed by atoms with Crippen LogP contribution in [-0.2, 0) is 9.59 Å². The van der Waals surface area contributed by atoms with E-state index in [2.05, 4.69) is 44.1 Å². The molecule has 0 spiro atoms. The van der Waals surface area contributed by atoms with Gasteiger partial charge in [0, 0.05) is 28.6 Å². The van der Waals surface area contributed by atoms with Crippen molar-refractivity contribution in [2.24, 2.45) is 45.3 Å². The largest absolute Gasteiger partial charge is 0.479 e. The fourth-order valence-corrected chi connectivity index (χ4v) is 12.4. The number of carbonyl (C=O) groups excluding carboxylic acids is 1. The molecule has 5 aliphatic carbocycles. The third-order valence-electron chi connectivity index (χ3n) is 15.6. The molecule has 0 radical (unpaired) electrons. The molecule has 4 fully saturated rings. The molecule has 7 rings (SSSR count). The standard InChI is InChI=1S/C39H54N2O6/c1-22-13-18-39(33(45)41-30(32(43)44)24-21-40-26-10-8-7-9-23(24)26)20-19-35(3)25(31(39)37(22,5)46)11-12-27-34(2)16-15-29(42)38(6,47)28(34)14-17-36(27,35)4/h7-11,21-22,27-31,40,42,46-47H,12-20H2,1-6H3,(H,41,45)(H,43,44)/t22-,27?,28?,29+,30?,31?,34-,35-,36-,37-,38+,39+/m1/s1. The number of allylic oxidation sites excluding steroid dienone is 1. The Morgan fingerprint density at radius 1 is 0.915 bits per heavy atom. The lowest BCUT2D eigenvalue weighted by Crippen LogP contribution is -2.69. The molecule has 0 saturated heterocycles. The number of nitrogens with one attached hydrogen (secondary N) is 2. The second-order valence-corrected chi connectivity index (χ2v) is 17.4. The first kappa shape index (κ1) is 32.8. The highest BCUT2D eigenvalue weighted by Gasteiger charge is 2.71. The van der Waals surface area contributed by atoms with Crippen LogP contribution in [0.3, 0.4) is 0 Å². The van der Waals surface area contributed by atoms with Crippen LogP contribution >= 0.6 is 0 Å². The van der Waals surface area contributed by atoms with Gasteiger partial charge in [-0.05, 0) is 112 Å². The van der Waals surface area contributed by atoms with Crippen LogP contribution < -0.4 is 5.32 Å². The van der Waals surface area contributed by atoms with Crippen molar-refractivity contribution in [2.45, 2.75) is 123 Å². The summed E-state index contributed by atoms with van der Waals surface area (Å²) in [4.78, 5) is 30.7. The molecule has 0 aliphatic heterocycles. The zero-order chi connectivity index (χ0) is 33.9. The smallest absolute Gasteiger partial charge is 0.330 e. The maximum absolute atomic E-state index is 14.8. The van der Waals surface area contributed by atoms with Gasteiger partial charge in [-0.15, -0.1) is 0 Å². The Kier molecular flexibility index (Phi) is 7.28. The maximum Gasteiger partial charge on any atom is 0.330 e. The van der Waals surface area contributed by atoms with Crippen molar-refractivity contribution >= 4 is 22.8 Å². The molecule has 4 saturated carbocycles. The van der Waals surface area contributed by atoms with E-state index in [4.69, 9.17) is 0 Å². The second kappa shape index (κ2) is 10.4. The van der Waals surface area contributed by atoms with Gasteiger partial charge in [0.1, 0.15) is 0 Å². The average Bonchev–Trinajstić information content (AvgIpc) is 3.44. The number of aliphatic carboxylic acids is 1. The first-order valence-electron chi connectivity index (χ1n) is 17.9. The monoisotopic (exact) mass is 646 g/mol. The van der Waals surface area contributed by atoms with Crippen LogP contribution in [0.1, 0.15) is 111 Å². The van der Waals surface area contributed by atoms with Gasteiger partial charge in [0.05, 0.1) is 22.7 Å². The van der Waals surface area contributed by atoms with Crippen LogP contribution in [0.2, 0.25) is 0 Å². The predicted octanol–water partition coefficient (Wildman–Crippen LogP) is 6.27. The van der Waals surface area contributed by atoms with Gasteiger partial charge >= 0.3 is 5.97 Å². The molecule has 5 aliphatic rings. The zero-order valence-electron chi connectivity index (χ0n) is 28.9. The van der Waals surface area contributed by atoms with Crippen LogP contribution in [0, 0.1) is 45.3 Å². The first-order chi connectivity index (χ1) is 21.9. The molecule has 0 bridgehead atoms. The number of aromatic nitrogens is 1. The molecule has 4 unspecified atom stereocenters. The van der Waals surface area contributed by atoms with E-state index in [1.54, 1.807) is 6.20 Å². The van der Waals surface area contributed by atoms with Gasteiger partial charge in [-0.2, -0.15) is 0 Å². The Bertz CT molecular complexity index is 1640. The minimum atomic E-state index is -1.22. The van der Waals surface area contributed by atoms with E-state index < -0.39 is 40.7 Å². The molecule has 12 atom stereocenters. The van der Waals surface area contributed by atoms with E-state index in [9.17, 15) is 30.0 Å². The van der Waals surface area contributed by atoms with Crippen LogP contribution in [0.4, 0.5) is 0 Å². The van der Waals surface area contributed by atoms with Gasteiger partial charge in [-0.1, -0.05) is 57.5 Å². The predicted molar refractivity (Wildman–Crippen MR) is 180 cm³/mol. The number of benzene rings is 1. The number of aliphatic hydroxyl groups is 3. The summed E-state index contributed by atoms with van der Waals surface area (Å²) in [6.45, 7) is 12.9. The van der Waals surface area contributed by atoms with E-state index in [1.807, 2.05) is 38.1 Å². The summed E-state index contributed by atoms with van der Waals surface area (Å²) in [7, 11) is 0. The van der Waals surface area contributed by atoms with Crippen molar-refractivity contribution in [3.8, 4) is 0 Å². The fraction of sp³-hybridized carbons (Fsp3) is 0.692. The number of hydrogen-bond acceptors (Lipinski definition) is 5. The SMILES string of the molecule is C[C@@H]1CC[C@]2(C(=O)NC(C(=O)O)c3c[nH]c4ccccc34)CC[C@]3(C)C(=CCC4[C@@]5(C)CC[C@H](O)[C@@](C)(O)C5CC[C@]43C)C2[C@]1(C)O. The molecule has 1 aromatic carbocycles. The number of amides is 1. The fourth-order valence-electron chi connectivity index (χ4n) is 12.4. The lowest BCUT2D eigenvalue weighted by molar-refractivity contribution is -0.237. The van der Waals surface area contributed by atoms with E-state index in [0.717, 1.165) is 48.6 Å². The summed E-state index contributed by atoms with van der Waals surface area (Å²) in [5.74, 6) is -1.59. The highest BCUT2D eigenvalue weighted by atomic mass is 16.4. The number of aliphatic hydroxyl groups excluding tert-OH is 1. The normalized spacial score (nSPS) is 46.7. The summed E-state index contributed by atoms with van der Waals surface area (Å²) in [5.41, 5.74) is -1.30. The van der Waals surface area contributed by atoms with Gasteiger partial charge in [-0.25, -0.2) is 4.79 Å². The number of carboxylic acid groups (broad SMARTS) is 1. The number of rotatable bonds is 4. The molecule has 8 heteroatoms. The Morgan fingerprint density at radius 2 is 1.64 bits per heavy atom. The Balaban J connectivity index is 1.30. The molecule has 256 valence electrons. The molecular formula is C39H54N2O6. The van der Waals surface area contributed by atoms with Crippen molar-refractivity contribution in [3.63, 3.8) is 0 Å². The Labute approximate surface area is 278 Å². The lowest BCUT2D eigenvalue weighted by Gasteiger charge is -2.71. The number of carbonyl (C=O) groups is 2. The molecule has 1 heterocycles. The van der Waals surface area contributed by atoms with Crippen LogP contribution in [-0.4, -0.2) is 54.6 Å². The number of fused-ring (bicyclic) bond motifs is 8.